The Labute approximate surface area is 138 Å². The van der Waals surface area contributed by atoms with Crippen LogP contribution in [-0.4, -0.2) is 29.7 Å². The first kappa shape index (κ1) is 14.7. The lowest BCUT2D eigenvalue weighted by Crippen LogP contribution is -2.12. The predicted molar refractivity (Wildman–Crippen MR) is 90.6 cm³/mol. The largest absolute Gasteiger partial charge is 0.355 e. The first-order valence-electron chi connectivity index (χ1n) is 7.25. The molecule has 4 aromatic heterocycles. The van der Waals surface area contributed by atoms with Gasteiger partial charge in [0, 0.05) is 35.6 Å². The van der Waals surface area contributed by atoms with Crippen LogP contribution in [0.5, 0.6) is 0 Å². The third-order valence-electron chi connectivity index (χ3n) is 3.74. The quantitative estimate of drug-likeness (QED) is 0.495. The van der Waals surface area contributed by atoms with Crippen LogP contribution in [-0.2, 0) is 20.2 Å². The molecule has 0 aliphatic heterocycles. The van der Waals surface area contributed by atoms with E-state index in [0.717, 1.165) is 16.6 Å². The lowest BCUT2D eigenvalue weighted by atomic mass is 10.2. The van der Waals surface area contributed by atoms with Gasteiger partial charge in [-0.25, -0.2) is 4.98 Å². The van der Waals surface area contributed by atoms with E-state index in [1.54, 1.807) is 43.0 Å². The van der Waals surface area contributed by atoms with Gasteiger partial charge in [-0.2, -0.15) is 9.65 Å². The van der Waals surface area contributed by atoms with Gasteiger partial charge in [0.1, 0.15) is 0 Å². The molecule has 0 saturated carbocycles. The van der Waals surface area contributed by atoms with Gasteiger partial charge < -0.3 is 4.98 Å². The van der Waals surface area contributed by atoms with E-state index in [1.807, 2.05) is 12.1 Å². The zero-order valence-corrected chi connectivity index (χ0v) is 13.3. The summed E-state index contributed by atoms with van der Waals surface area (Å²) in [5.41, 5.74) is 2.79. The van der Waals surface area contributed by atoms with Gasteiger partial charge in [-0.3, -0.25) is 10.1 Å². The van der Waals surface area contributed by atoms with Crippen molar-refractivity contribution < 1.29 is 8.76 Å². The molecule has 24 heavy (non-hydrogen) atoms. The summed E-state index contributed by atoms with van der Waals surface area (Å²) in [4.78, 5) is 11.5. The number of nitrogens with one attached hydrogen (secondary N) is 2. The number of hydrogen-bond donors (Lipinski definition) is 3. The number of pyridine rings is 2. The van der Waals surface area contributed by atoms with E-state index >= 15 is 0 Å². The molecule has 4 rings (SSSR count). The molecule has 0 amide bonds. The molecule has 0 fully saturated rings. The van der Waals surface area contributed by atoms with Crippen molar-refractivity contribution in [3.63, 3.8) is 0 Å². The number of H-pyrrole nitrogens is 2. The average molecular weight is 340 g/mol. The molecule has 120 valence electrons. The third-order valence-corrected chi connectivity index (χ3v) is 5.43. The van der Waals surface area contributed by atoms with Gasteiger partial charge in [0.2, 0.25) is 4.90 Å². The summed E-state index contributed by atoms with van der Waals surface area (Å²) >= 11 is 0. The standard InChI is InChI=1S/C16H13N5O2S/c22-24(23,10-11-3-6-17-7-4-11)12-8-14(19-9-12)15-13-2-1-5-18-16(13)21-20-15/h1-9,19H,10H2,(H-,18,20,21,22,23)/p+1. The lowest BCUT2D eigenvalue weighted by molar-refractivity contribution is 0.496. The van der Waals surface area contributed by atoms with Gasteiger partial charge in [-0.05, 0) is 24.3 Å². The van der Waals surface area contributed by atoms with Crippen LogP contribution in [0.3, 0.4) is 0 Å². The second kappa shape index (κ2) is 5.66. The Morgan fingerprint density at radius 3 is 2.83 bits per heavy atom. The van der Waals surface area contributed by atoms with Crippen molar-refractivity contribution in [1.82, 2.24) is 25.1 Å². The highest BCUT2D eigenvalue weighted by Crippen LogP contribution is 2.29. The summed E-state index contributed by atoms with van der Waals surface area (Å²) in [6.45, 7) is 0. The number of nitrogens with zero attached hydrogens (tertiary/aromatic N) is 3. The molecule has 7 nitrogen and oxygen atoms in total. The minimum Gasteiger partial charge on any atom is -0.355 e. The maximum Gasteiger partial charge on any atom is 0.253 e. The molecular weight excluding hydrogens is 326 g/mol. The van der Waals surface area contributed by atoms with Crippen LogP contribution >= 0.6 is 0 Å². The molecule has 0 aliphatic carbocycles. The van der Waals surface area contributed by atoms with E-state index in [4.69, 9.17) is 0 Å². The van der Waals surface area contributed by atoms with Gasteiger partial charge in [0.25, 0.3) is 10.2 Å². The van der Waals surface area contributed by atoms with Crippen LogP contribution in [0.1, 0.15) is 5.56 Å². The molecule has 1 atom stereocenters. The summed E-state index contributed by atoms with van der Waals surface area (Å²) in [7, 11) is -3.20. The van der Waals surface area contributed by atoms with Gasteiger partial charge in [-0.1, -0.05) is 4.21 Å². The van der Waals surface area contributed by atoms with E-state index in [-0.39, 0.29) is 5.75 Å². The average Bonchev–Trinajstić information content (AvgIpc) is 3.22. The lowest BCUT2D eigenvalue weighted by Gasteiger charge is -2.01. The monoisotopic (exact) mass is 340 g/mol. The van der Waals surface area contributed by atoms with E-state index in [0.29, 0.717) is 16.2 Å². The minimum atomic E-state index is -3.20. The van der Waals surface area contributed by atoms with E-state index < -0.39 is 10.2 Å². The zero-order chi connectivity index (χ0) is 16.6. The highest BCUT2D eigenvalue weighted by atomic mass is 32.3. The molecule has 0 radical (unpaired) electrons. The fraction of sp³-hybridized carbons (Fsp3) is 0.0625. The van der Waals surface area contributed by atoms with Crippen LogP contribution in [0.15, 0.2) is 60.0 Å². The summed E-state index contributed by atoms with van der Waals surface area (Å²) in [6.07, 6.45) is 6.44. The molecule has 1 unspecified atom stereocenters. The Morgan fingerprint density at radius 1 is 1.17 bits per heavy atom. The number of aromatic nitrogens is 5. The normalized spacial score (nSPS) is 13.9. The van der Waals surface area contributed by atoms with Gasteiger partial charge in [0.15, 0.2) is 11.4 Å². The second-order valence-electron chi connectivity index (χ2n) is 5.36. The fourth-order valence-electron chi connectivity index (χ4n) is 2.55. The summed E-state index contributed by atoms with van der Waals surface area (Å²) in [5.74, 6) is 0.0398. The molecule has 8 heteroatoms. The highest BCUT2D eigenvalue weighted by Gasteiger charge is 2.31. The van der Waals surface area contributed by atoms with Crippen LogP contribution < -0.4 is 0 Å². The van der Waals surface area contributed by atoms with E-state index in [9.17, 15) is 8.76 Å². The number of hydrogen-bond acceptors (Lipinski definition) is 4. The molecule has 4 aromatic rings. The van der Waals surface area contributed by atoms with Crippen molar-refractivity contribution in [2.45, 2.75) is 10.6 Å². The SMILES string of the molecule is O=[S+](O)(Cc1ccncc1)c1c[nH]c(-c2[nH]nc3ncccc23)c1. The zero-order valence-electron chi connectivity index (χ0n) is 12.5. The Hall–Kier alpha value is -2.84. The fourth-order valence-corrected chi connectivity index (χ4v) is 3.90. The molecule has 3 N–H and O–H groups in total. The third kappa shape index (κ3) is 2.61. The Kier molecular flexibility index (Phi) is 3.47. The van der Waals surface area contributed by atoms with Crippen molar-refractivity contribution in [3.05, 3.63) is 60.7 Å². The molecular formula is C16H14N5O2S+. The van der Waals surface area contributed by atoms with Gasteiger partial charge >= 0.3 is 0 Å². The van der Waals surface area contributed by atoms with Crippen molar-refractivity contribution >= 4 is 21.2 Å². The molecule has 0 spiro atoms. The summed E-state index contributed by atoms with van der Waals surface area (Å²) < 4.78 is 23.1. The van der Waals surface area contributed by atoms with Crippen LogP contribution in [0, 0.1) is 0 Å². The maximum absolute atomic E-state index is 12.7. The molecule has 0 aromatic carbocycles. The van der Waals surface area contributed by atoms with Crippen molar-refractivity contribution in [2.24, 2.45) is 0 Å². The molecule has 0 saturated heterocycles. The van der Waals surface area contributed by atoms with Crippen molar-refractivity contribution in [2.75, 3.05) is 0 Å². The summed E-state index contributed by atoms with van der Waals surface area (Å²) in [5, 5.41) is 7.91. The minimum absolute atomic E-state index is 0.0398. The van der Waals surface area contributed by atoms with Crippen LogP contribution in [0.25, 0.3) is 22.4 Å². The van der Waals surface area contributed by atoms with Crippen molar-refractivity contribution in [3.8, 4) is 11.4 Å². The topological polar surface area (TPSA) is 108 Å². The predicted octanol–water partition coefficient (Wildman–Crippen LogP) is 2.88. The smallest absolute Gasteiger partial charge is 0.253 e. The van der Waals surface area contributed by atoms with E-state index in [2.05, 4.69) is 25.1 Å². The molecule has 0 aliphatic rings. The van der Waals surface area contributed by atoms with Crippen LogP contribution in [0.4, 0.5) is 0 Å². The molecule has 4 heterocycles. The first-order valence-corrected chi connectivity index (χ1v) is 8.93. The Balaban J connectivity index is 1.68. The highest BCUT2D eigenvalue weighted by molar-refractivity contribution is 7.97. The van der Waals surface area contributed by atoms with Crippen LogP contribution in [0.2, 0.25) is 0 Å². The Bertz CT molecular complexity index is 1040. The van der Waals surface area contributed by atoms with Gasteiger partial charge in [0.05, 0.1) is 17.6 Å². The Morgan fingerprint density at radius 2 is 2.00 bits per heavy atom. The number of fused-ring (bicyclic) bond motifs is 1. The first-order chi connectivity index (χ1) is 11.6. The summed E-state index contributed by atoms with van der Waals surface area (Å²) in [6, 6.07) is 8.86. The second-order valence-corrected chi connectivity index (χ2v) is 7.40. The van der Waals surface area contributed by atoms with Crippen molar-refractivity contribution in [1.29, 1.82) is 0 Å². The molecule has 0 bridgehead atoms. The van der Waals surface area contributed by atoms with E-state index in [1.165, 1.54) is 0 Å². The maximum atomic E-state index is 12.7. The van der Waals surface area contributed by atoms with Gasteiger partial charge in [-0.15, -0.1) is 0 Å². The number of aromatic amines is 2. The number of rotatable bonds is 4.